The number of nitrogens with one attached hydrogen (secondary N) is 5. The van der Waals surface area contributed by atoms with Gasteiger partial charge in [-0.1, -0.05) is 30.3 Å². The average molecular weight is 857 g/mol. The largest absolute Gasteiger partial charge is 0.465 e. The molecule has 1 atom stereocenters. The van der Waals surface area contributed by atoms with Crippen LogP contribution in [0.2, 0.25) is 0 Å². The van der Waals surface area contributed by atoms with Gasteiger partial charge >= 0.3 is 12.2 Å². The molecule has 2 fully saturated rings. The van der Waals surface area contributed by atoms with Crippen molar-refractivity contribution in [2.45, 2.75) is 90.3 Å². The summed E-state index contributed by atoms with van der Waals surface area (Å²) in [5.74, 6) is -0.120. The molecule has 5 aromatic rings. The van der Waals surface area contributed by atoms with Gasteiger partial charge in [-0.25, -0.2) is 14.6 Å². The third kappa shape index (κ3) is 11.8. The zero-order chi connectivity index (χ0) is 44.7. The van der Waals surface area contributed by atoms with Crippen LogP contribution in [0.25, 0.3) is 33.5 Å². The van der Waals surface area contributed by atoms with Crippen molar-refractivity contribution in [3.8, 4) is 22.5 Å². The lowest BCUT2D eigenvalue weighted by atomic mass is 9.81. The van der Waals surface area contributed by atoms with E-state index in [2.05, 4.69) is 31.2 Å². The highest BCUT2D eigenvalue weighted by molar-refractivity contribution is 5.99. The minimum absolute atomic E-state index is 0.0860. The van der Waals surface area contributed by atoms with Gasteiger partial charge in [-0.15, -0.1) is 0 Å². The van der Waals surface area contributed by atoms with Crippen LogP contribution in [0.15, 0.2) is 85.2 Å². The summed E-state index contributed by atoms with van der Waals surface area (Å²) < 4.78 is 5.38. The Morgan fingerprint density at radius 1 is 0.905 bits per heavy atom. The Labute approximate surface area is 366 Å². The molecule has 6 N–H and O–H groups in total. The number of fused-ring (bicyclic) bond motifs is 1. The normalized spacial score (nSPS) is 17.4. The van der Waals surface area contributed by atoms with Crippen LogP contribution in [-0.2, 0) is 20.7 Å². The summed E-state index contributed by atoms with van der Waals surface area (Å²) in [6.45, 7) is 8.67. The van der Waals surface area contributed by atoms with Crippen molar-refractivity contribution in [3.05, 3.63) is 102 Å². The maximum Gasteiger partial charge on any atom is 0.407 e. The number of aromatic amines is 1. The Balaban J connectivity index is 1.02. The summed E-state index contributed by atoms with van der Waals surface area (Å²) in [6, 6.07) is 21.6. The Kier molecular flexibility index (Phi) is 13.7. The van der Waals surface area contributed by atoms with Crippen LogP contribution in [0.3, 0.4) is 0 Å². The summed E-state index contributed by atoms with van der Waals surface area (Å²) in [5.41, 5.74) is 6.45. The zero-order valence-corrected chi connectivity index (χ0v) is 36.2. The highest BCUT2D eigenvalue weighted by Gasteiger charge is 2.31. The third-order valence-corrected chi connectivity index (χ3v) is 11.8. The number of amides is 5. The van der Waals surface area contributed by atoms with Crippen LogP contribution in [0, 0.1) is 18.8 Å². The number of aryl methyl sites for hydroxylation is 1. The number of likely N-dealkylation sites (tertiary alicyclic amines) is 1. The third-order valence-electron chi connectivity index (χ3n) is 11.8. The van der Waals surface area contributed by atoms with Crippen LogP contribution in [0.5, 0.6) is 0 Å². The Morgan fingerprint density at radius 2 is 1.65 bits per heavy atom. The summed E-state index contributed by atoms with van der Waals surface area (Å²) in [5, 5.41) is 21.2. The maximum absolute atomic E-state index is 14.1. The topological polar surface area (TPSA) is 208 Å². The molecule has 3 heterocycles. The number of anilines is 1. The van der Waals surface area contributed by atoms with E-state index in [1.54, 1.807) is 30.6 Å². The molecule has 63 heavy (non-hydrogen) atoms. The van der Waals surface area contributed by atoms with Crippen LogP contribution < -0.4 is 21.3 Å². The van der Waals surface area contributed by atoms with Crippen molar-refractivity contribution in [2.75, 3.05) is 25.0 Å². The fourth-order valence-corrected chi connectivity index (χ4v) is 8.29. The molecule has 0 unspecified atom stereocenters. The molecule has 5 amide bonds. The van der Waals surface area contributed by atoms with E-state index in [1.165, 1.54) is 4.90 Å². The van der Waals surface area contributed by atoms with Gasteiger partial charge < -0.3 is 41.0 Å². The van der Waals surface area contributed by atoms with Gasteiger partial charge in [-0.05, 0) is 137 Å². The molecule has 0 bridgehead atoms. The predicted molar refractivity (Wildman–Crippen MR) is 240 cm³/mol. The monoisotopic (exact) mass is 856 g/mol. The van der Waals surface area contributed by atoms with Crippen molar-refractivity contribution in [1.82, 2.24) is 35.8 Å². The van der Waals surface area contributed by atoms with Gasteiger partial charge in [0, 0.05) is 67.2 Å². The van der Waals surface area contributed by atoms with E-state index in [-0.39, 0.29) is 42.0 Å². The van der Waals surface area contributed by atoms with E-state index >= 15 is 0 Å². The summed E-state index contributed by atoms with van der Waals surface area (Å²) in [4.78, 5) is 78.1. The first-order chi connectivity index (χ1) is 30.2. The molecule has 330 valence electrons. The number of carbonyl (C=O) groups is 5. The van der Waals surface area contributed by atoms with Crippen LogP contribution >= 0.6 is 0 Å². The minimum atomic E-state index is -0.940. The molecule has 1 saturated heterocycles. The summed E-state index contributed by atoms with van der Waals surface area (Å²) in [6.07, 6.45) is 6.21. The molecule has 15 nitrogen and oxygen atoms in total. The van der Waals surface area contributed by atoms with E-state index in [1.807, 2.05) is 82.3 Å². The summed E-state index contributed by atoms with van der Waals surface area (Å²) >= 11 is 0. The number of benzene rings is 3. The lowest BCUT2D eigenvalue weighted by Crippen LogP contribution is -2.48. The number of alkyl carbamates (subject to hydrolysis) is 1. The molecular weight excluding hydrogens is 801 g/mol. The van der Waals surface area contributed by atoms with Crippen LogP contribution in [-0.4, -0.2) is 92.2 Å². The second-order valence-corrected chi connectivity index (χ2v) is 17.7. The van der Waals surface area contributed by atoms with E-state index < -0.39 is 23.8 Å². The van der Waals surface area contributed by atoms with Gasteiger partial charge in [0.15, 0.2) is 0 Å². The van der Waals surface area contributed by atoms with Gasteiger partial charge in [0.2, 0.25) is 11.8 Å². The molecule has 3 aromatic carbocycles. The number of carboxylic acid groups (broad SMARTS) is 1. The fraction of sp³-hybridized carbons (Fsp3) is 0.396. The molecule has 1 aliphatic heterocycles. The van der Waals surface area contributed by atoms with Crippen LogP contribution in [0.1, 0.15) is 80.8 Å². The second kappa shape index (κ2) is 19.5. The van der Waals surface area contributed by atoms with Crippen molar-refractivity contribution in [1.29, 1.82) is 0 Å². The number of H-pyrrole nitrogens is 1. The number of rotatable bonds is 12. The number of hydrogen-bond acceptors (Lipinski definition) is 8. The number of imidazole rings is 1. The number of ether oxygens (including phenoxy) is 1. The number of piperidine rings is 1. The first-order valence-electron chi connectivity index (χ1n) is 21.6. The number of carbonyl (C=O) groups excluding carboxylic acids is 4. The molecule has 0 radical (unpaired) electrons. The average Bonchev–Trinajstić information content (AvgIpc) is 3.69. The molecule has 1 aliphatic carbocycles. The van der Waals surface area contributed by atoms with E-state index in [9.17, 15) is 29.1 Å². The lowest BCUT2D eigenvalue weighted by molar-refractivity contribution is -0.130. The Bertz CT molecular complexity index is 2430. The number of nitrogens with zero attached hydrogens (tertiary/aromatic N) is 3. The van der Waals surface area contributed by atoms with Crippen molar-refractivity contribution >= 4 is 46.6 Å². The van der Waals surface area contributed by atoms with E-state index in [4.69, 9.17) is 9.72 Å². The van der Waals surface area contributed by atoms with Gasteiger partial charge in [-0.3, -0.25) is 19.4 Å². The first kappa shape index (κ1) is 44.3. The smallest absolute Gasteiger partial charge is 0.407 e. The predicted octanol–water partition coefficient (Wildman–Crippen LogP) is 7.47. The van der Waals surface area contributed by atoms with E-state index in [0.717, 1.165) is 46.2 Å². The maximum atomic E-state index is 14.1. The zero-order valence-electron chi connectivity index (χ0n) is 36.2. The highest BCUT2D eigenvalue weighted by atomic mass is 16.6. The van der Waals surface area contributed by atoms with Crippen molar-refractivity contribution in [2.24, 2.45) is 11.8 Å². The highest BCUT2D eigenvalue weighted by Crippen LogP contribution is 2.30. The fourth-order valence-electron chi connectivity index (χ4n) is 8.29. The summed E-state index contributed by atoms with van der Waals surface area (Å²) in [7, 11) is 0. The van der Waals surface area contributed by atoms with Gasteiger partial charge in [0.05, 0.1) is 11.0 Å². The minimum Gasteiger partial charge on any atom is -0.465 e. The van der Waals surface area contributed by atoms with Crippen molar-refractivity contribution < 1.29 is 33.8 Å². The molecule has 1 saturated carbocycles. The lowest BCUT2D eigenvalue weighted by Gasteiger charge is -2.30. The molecular formula is C48H56N8O7. The number of aromatic nitrogens is 3. The molecule has 2 aromatic heterocycles. The standard InChI is InChI=1S/C48H56N8O7/c1-29-24-34(44(58)51-36-19-22-56(23-20-36)47(61)62)15-17-38(29)32-11-7-30(8-12-32)25-41(55-43(57)33-13-9-31(10-14-33)27-50-46(60)63-48(2,3)4)45(59)52-37-16-18-39-40(26-37)54-42(53-39)35-6-5-21-49-28-35/h5-8,11-12,15-18,21,24,26,28,31,33,36,41H,9-10,13-14,19-20,22-23,25,27H2,1-4H3,(H,50,60)(H,51,58)(H,52,59)(H,53,54)(H,55,57)(H,61,62)/t31-,33-,41-/m0/s1. The quantitative estimate of drug-likeness (QED) is 0.0735. The molecule has 15 heteroatoms. The first-order valence-corrected chi connectivity index (χ1v) is 21.6. The Hall–Kier alpha value is -6.77. The molecule has 2 aliphatic rings. The van der Waals surface area contributed by atoms with Gasteiger partial charge in [0.1, 0.15) is 17.5 Å². The van der Waals surface area contributed by atoms with Crippen molar-refractivity contribution in [3.63, 3.8) is 0 Å². The van der Waals surface area contributed by atoms with Gasteiger partial charge in [-0.2, -0.15) is 0 Å². The number of hydrogen-bond donors (Lipinski definition) is 6. The van der Waals surface area contributed by atoms with Gasteiger partial charge in [0.25, 0.3) is 5.91 Å². The molecule has 0 spiro atoms. The Morgan fingerprint density at radius 3 is 2.32 bits per heavy atom. The SMILES string of the molecule is Cc1cc(C(=O)NC2CCN(C(=O)O)CC2)ccc1-c1ccc(C[C@H](NC(=O)[C@H]2CC[C@H](CNC(=O)OC(C)(C)C)CC2)C(=O)Nc2ccc3[nH]c(-c4cccnc4)nc3c2)cc1. The van der Waals surface area contributed by atoms with E-state index in [0.29, 0.717) is 67.9 Å². The second-order valence-electron chi connectivity index (χ2n) is 17.7. The van der Waals surface area contributed by atoms with Crippen LogP contribution in [0.4, 0.5) is 15.3 Å². The molecule has 7 rings (SSSR count). The number of pyridine rings is 1.